The number of rotatable bonds is 6. The summed E-state index contributed by atoms with van der Waals surface area (Å²) in [5.74, 6) is 1.79. The Morgan fingerprint density at radius 3 is 2.83 bits per heavy atom. The van der Waals surface area contributed by atoms with Crippen LogP contribution in [0.2, 0.25) is 0 Å². The summed E-state index contributed by atoms with van der Waals surface area (Å²) in [5.41, 5.74) is 0.840. The number of hydrogen-bond donors (Lipinski definition) is 1. The Morgan fingerprint density at radius 1 is 1.33 bits per heavy atom. The van der Waals surface area contributed by atoms with E-state index in [0.717, 1.165) is 41.9 Å². The topological polar surface area (TPSA) is 34.4 Å². The smallest absolute Gasteiger partial charge is 0.176 e. The highest BCUT2D eigenvalue weighted by atomic mass is 16.5. The second kappa shape index (κ2) is 5.91. The molecule has 1 heterocycles. The maximum atomic E-state index is 5.95. The van der Waals surface area contributed by atoms with Crippen molar-refractivity contribution in [1.82, 2.24) is 5.32 Å². The number of fused-ring (bicyclic) bond motifs is 1. The lowest BCUT2D eigenvalue weighted by Gasteiger charge is -2.13. The predicted octanol–water partition coefficient (Wildman–Crippen LogP) is 3.89. The Bertz CT molecular complexity index is 504. The number of nitrogens with one attached hydrogen (secondary N) is 1. The first-order valence-electron chi connectivity index (χ1n) is 6.60. The van der Waals surface area contributed by atoms with Crippen LogP contribution in [0.5, 0.6) is 5.75 Å². The van der Waals surface area contributed by atoms with Crippen molar-refractivity contribution in [3.05, 3.63) is 30.0 Å². The van der Waals surface area contributed by atoms with E-state index >= 15 is 0 Å². The SMILES string of the molecule is CCCNC(CC)c1cc2cccc(OC)c2o1. The van der Waals surface area contributed by atoms with Gasteiger partial charge in [0.25, 0.3) is 0 Å². The molecule has 0 spiro atoms. The zero-order chi connectivity index (χ0) is 13.0. The third kappa shape index (κ3) is 2.51. The summed E-state index contributed by atoms with van der Waals surface area (Å²) in [5, 5.41) is 4.60. The van der Waals surface area contributed by atoms with E-state index in [0.29, 0.717) is 0 Å². The quantitative estimate of drug-likeness (QED) is 0.840. The number of hydrogen-bond acceptors (Lipinski definition) is 3. The molecule has 0 fully saturated rings. The highest BCUT2D eigenvalue weighted by Gasteiger charge is 2.15. The van der Waals surface area contributed by atoms with Crippen LogP contribution in [0, 0.1) is 0 Å². The fourth-order valence-electron chi connectivity index (χ4n) is 2.15. The molecule has 0 aliphatic rings. The zero-order valence-electron chi connectivity index (χ0n) is 11.3. The summed E-state index contributed by atoms with van der Waals surface area (Å²) in [7, 11) is 1.67. The van der Waals surface area contributed by atoms with Gasteiger partial charge in [0.2, 0.25) is 0 Å². The number of methoxy groups -OCH3 is 1. The molecular weight excluding hydrogens is 226 g/mol. The van der Waals surface area contributed by atoms with Gasteiger partial charge in [-0.25, -0.2) is 0 Å². The molecule has 3 heteroatoms. The van der Waals surface area contributed by atoms with Crippen LogP contribution >= 0.6 is 0 Å². The molecule has 0 radical (unpaired) electrons. The van der Waals surface area contributed by atoms with Gasteiger partial charge in [-0.2, -0.15) is 0 Å². The van der Waals surface area contributed by atoms with Crippen LogP contribution < -0.4 is 10.1 Å². The van der Waals surface area contributed by atoms with Gasteiger partial charge in [0, 0.05) is 5.39 Å². The Labute approximate surface area is 108 Å². The molecule has 0 aliphatic carbocycles. The molecule has 1 N–H and O–H groups in total. The molecule has 0 saturated heterocycles. The van der Waals surface area contributed by atoms with Crippen molar-refractivity contribution in [2.24, 2.45) is 0 Å². The highest BCUT2D eigenvalue weighted by Crippen LogP contribution is 2.31. The predicted molar refractivity (Wildman–Crippen MR) is 74.1 cm³/mol. The molecule has 0 saturated carbocycles. The molecule has 1 unspecified atom stereocenters. The van der Waals surface area contributed by atoms with Crippen molar-refractivity contribution >= 4 is 11.0 Å². The van der Waals surface area contributed by atoms with Crippen molar-refractivity contribution in [3.8, 4) is 5.75 Å². The minimum Gasteiger partial charge on any atom is -0.493 e. The summed E-state index contributed by atoms with van der Waals surface area (Å²) in [4.78, 5) is 0. The third-order valence-electron chi connectivity index (χ3n) is 3.14. The summed E-state index contributed by atoms with van der Waals surface area (Å²) in [6.07, 6.45) is 2.14. The second-order valence-corrected chi connectivity index (χ2v) is 4.44. The minimum absolute atomic E-state index is 0.280. The molecule has 1 atom stereocenters. The van der Waals surface area contributed by atoms with Gasteiger partial charge in [-0.15, -0.1) is 0 Å². The molecule has 2 rings (SSSR count). The molecule has 1 aromatic heterocycles. The number of para-hydroxylation sites is 1. The van der Waals surface area contributed by atoms with Gasteiger partial charge in [-0.3, -0.25) is 0 Å². The number of furan rings is 1. The lowest BCUT2D eigenvalue weighted by molar-refractivity contribution is 0.392. The molecule has 0 bridgehead atoms. The lowest BCUT2D eigenvalue weighted by atomic mass is 10.1. The molecule has 18 heavy (non-hydrogen) atoms. The molecular formula is C15H21NO2. The van der Waals surface area contributed by atoms with Crippen LogP contribution in [0.4, 0.5) is 0 Å². The fraction of sp³-hybridized carbons (Fsp3) is 0.467. The maximum Gasteiger partial charge on any atom is 0.176 e. The van der Waals surface area contributed by atoms with E-state index in [4.69, 9.17) is 9.15 Å². The van der Waals surface area contributed by atoms with Gasteiger partial charge < -0.3 is 14.5 Å². The van der Waals surface area contributed by atoms with Crippen LogP contribution in [0.25, 0.3) is 11.0 Å². The first-order chi connectivity index (χ1) is 8.80. The Kier molecular flexibility index (Phi) is 4.26. The van der Waals surface area contributed by atoms with E-state index in [1.54, 1.807) is 7.11 Å². The normalized spacial score (nSPS) is 12.8. The van der Waals surface area contributed by atoms with E-state index < -0.39 is 0 Å². The van der Waals surface area contributed by atoms with Crippen LogP contribution in [0.15, 0.2) is 28.7 Å². The van der Waals surface area contributed by atoms with Crippen LogP contribution in [-0.4, -0.2) is 13.7 Å². The first-order valence-corrected chi connectivity index (χ1v) is 6.60. The monoisotopic (exact) mass is 247 g/mol. The second-order valence-electron chi connectivity index (χ2n) is 4.44. The Hall–Kier alpha value is -1.48. The van der Waals surface area contributed by atoms with Crippen molar-refractivity contribution in [2.45, 2.75) is 32.7 Å². The van der Waals surface area contributed by atoms with Crippen molar-refractivity contribution in [2.75, 3.05) is 13.7 Å². The van der Waals surface area contributed by atoms with Gasteiger partial charge in [0.05, 0.1) is 13.2 Å². The Balaban J connectivity index is 2.33. The fourth-order valence-corrected chi connectivity index (χ4v) is 2.15. The van der Waals surface area contributed by atoms with Gasteiger partial charge >= 0.3 is 0 Å². The molecule has 0 amide bonds. The van der Waals surface area contributed by atoms with Crippen molar-refractivity contribution < 1.29 is 9.15 Å². The van der Waals surface area contributed by atoms with Gasteiger partial charge in [-0.05, 0) is 31.5 Å². The minimum atomic E-state index is 0.280. The van der Waals surface area contributed by atoms with Crippen molar-refractivity contribution in [3.63, 3.8) is 0 Å². The first kappa shape index (κ1) is 13.0. The number of benzene rings is 1. The maximum absolute atomic E-state index is 5.95. The van der Waals surface area contributed by atoms with E-state index in [1.165, 1.54) is 0 Å². The van der Waals surface area contributed by atoms with E-state index in [-0.39, 0.29) is 6.04 Å². The standard InChI is InChI=1S/C15H21NO2/c1-4-9-16-12(5-2)14-10-11-7-6-8-13(17-3)15(11)18-14/h6-8,10,12,16H,4-5,9H2,1-3H3. The summed E-state index contributed by atoms with van der Waals surface area (Å²) >= 11 is 0. The van der Waals surface area contributed by atoms with Crippen LogP contribution in [0.3, 0.4) is 0 Å². The van der Waals surface area contributed by atoms with Crippen LogP contribution in [-0.2, 0) is 0 Å². The van der Waals surface area contributed by atoms with Gasteiger partial charge in [0.15, 0.2) is 11.3 Å². The van der Waals surface area contributed by atoms with Gasteiger partial charge in [-0.1, -0.05) is 26.0 Å². The summed E-state index contributed by atoms with van der Waals surface area (Å²) < 4.78 is 11.3. The van der Waals surface area contributed by atoms with Gasteiger partial charge in [0.1, 0.15) is 5.76 Å². The molecule has 1 aromatic carbocycles. The summed E-state index contributed by atoms with van der Waals surface area (Å²) in [6, 6.07) is 8.35. The van der Waals surface area contributed by atoms with E-state index in [2.05, 4.69) is 31.3 Å². The number of ether oxygens (including phenoxy) is 1. The highest BCUT2D eigenvalue weighted by molar-refractivity contribution is 5.83. The molecule has 0 aliphatic heterocycles. The molecule has 2 aromatic rings. The average molecular weight is 247 g/mol. The largest absolute Gasteiger partial charge is 0.493 e. The lowest BCUT2D eigenvalue weighted by Crippen LogP contribution is -2.20. The molecule has 98 valence electrons. The Morgan fingerprint density at radius 2 is 2.17 bits per heavy atom. The van der Waals surface area contributed by atoms with Crippen molar-refractivity contribution in [1.29, 1.82) is 0 Å². The summed E-state index contributed by atoms with van der Waals surface area (Å²) in [6.45, 7) is 5.34. The van der Waals surface area contributed by atoms with E-state index in [9.17, 15) is 0 Å². The van der Waals surface area contributed by atoms with Crippen LogP contribution in [0.1, 0.15) is 38.5 Å². The molecule has 3 nitrogen and oxygen atoms in total. The average Bonchev–Trinajstić information content (AvgIpc) is 2.83. The zero-order valence-corrected chi connectivity index (χ0v) is 11.3. The van der Waals surface area contributed by atoms with E-state index in [1.807, 2.05) is 12.1 Å². The third-order valence-corrected chi connectivity index (χ3v) is 3.14.